The largest absolute Gasteiger partial charge is 0.103 e. The van der Waals surface area contributed by atoms with Gasteiger partial charge in [0.15, 0.2) is 0 Å². The van der Waals surface area contributed by atoms with Crippen molar-refractivity contribution in [3.05, 3.63) is 12.7 Å². The second kappa shape index (κ2) is 3.05. The molecule has 0 aliphatic heterocycles. The summed E-state index contributed by atoms with van der Waals surface area (Å²) in [5, 5.41) is 0. The zero-order chi connectivity index (χ0) is 6.69. The summed E-state index contributed by atoms with van der Waals surface area (Å²) in [4.78, 5) is 0. The Balaban J connectivity index is 2.38. The van der Waals surface area contributed by atoms with E-state index in [1.54, 1.807) is 0 Å². The molecule has 52 valence electrons. The van der Waals surface area contributed by atoms with E-state index in [0.29, 0.717) is 0 Å². The van der Waals surface area contributed by atoms with E-state index in [1.165, 1.54) is 25.7 Å². The Morgan fingerprint density at radius 3 is 2.44 bits per heavy atom. The maximum absolute atomic E-state index is 3.83. The lowest BCUT2D eigenvalue weighted by Crippen LogP contribution is -2.13. The normalized spacial score (nSPS) is 36.1. The van der Waals surface area contributed by atoms with E-state index in [-0.39, 0.29) is 0 Å². The third-order valence-electron chi connectivity index (χ3n) is 2.48. The van der Waals surface area contributed by atoms with E-state index in [9.17, 15) is 0 Å². The van der Waals surface area contributed by atoms with Crippen LogP contribution in [-0.2, 0) is 0 Å². The van der Waals surface area contributed by atoms with Gasteiger partial charge in [0.1, 0.15) is 0 Å². The highest BCUT2D eigenvalue weighted by Crippen LogP contribution is 2.29. The summed E-state index contributed by atoms with van der Waals surface area (Å²) in [7, 11) is 0. The summed E-state index contributed by atoms with van der Waals surface area (Å²) in [6.45, 7) is 6.17. The monoisotopic (exact) mass is 124 g/mol. The molecule has 0 radical (unpaired) electrons. The fourth-order valence-electron chi connectivity index (χ4n) is 1.70. The molecule has 0 aromatic carbocycles. The summed E-state index contributed by atoms with van der Waals surface area (Å²) in [6.07, 6.45) is 7.78. The highest BCUT2D eigenvalue weighted by Gasteiger charge is 2.17. The first-order valence-corrected chi connectivity index (χ1v) is 3.97. The molecule has 1 aliphatic carbocycles. The van der Waals surface area contributed by atoms with Crippen molar-refractivity contribution in [3.8, 4) is 0 Å². The van der Waals surface area contributed by atoms with E-state index >= 15 is 0 Å². The van der Waals surface area contributed by atoms with Gasteiger partial charge in [-0.3, -0.25) is 0 Å². The number of hydrogen-bond acceptors (Lipinski definition) is 0. The van der Waals surface area contributed by atoms with E-state index < -0.39 is 0 Å². The molecule has 1 fully saturated rings. The minimum absolute atomic E-state index is 0.818. The lowest BCUT2D eigenvalue weighted by atomic mass is 9.81. The van der Waals surface area contributed by atoms with Crippen LogP contribution in [0.3, 0.4) is 0 Å². The Labute approximate surface area is 58.0 Å². The van der Waals surface area contributed by atoms with Crippen LogP contribution in [0.4, 0.5) is 0 Å². The fraction of sp³-hybridized carbons (Fsp3) is 0.778. The van der Waals surface area contributed by atoms with Gasteiger partial charge in [-0.05, 0) is 18.3 Å². The van der Waals surface area contributed by atoms with Crippen molar-refractivity contribution in [1.29, 1.82) is 0 Å². The maximum atomic E-state index is 3.83. The first kappa shape index (κ1) is 6.85. The molecule has 1 rings (SSSR count). The molecule has 1 saturated carbocycles. The van der Waals surface area contributed by atoms with Gasteiger partial charge in [0, 0.05) is 0 Å². The zero-order valence-electron chi connectivity index (χ0n) is 6.27. The van der Waals surface area contributed by atoms with Crippen LogP contribution < -0.4 is 0 Å². The minimum atomic E-state index is 0.818. The quantitative estimate of drug-likeness (QED) is 0.471. The minimum Gasteiger partial charge on any atom is -0.103 e. The predicted octanol–water partition coefficient (Wildman–Crippen LogP) is 3.00. The number of hydrogen-bond donors (Lipinski definition) is 0. The molecular weight excluding hydrogens is 108 g/mol. The Bertz CT molecular complexity index is 94.2. The molecule has 1 aliphatic rings. The number of allylic oxidation sites excluding steroid dienone is 1. The Morgan fingerprint density at radius 1 is 1.33 bits per heavy atom. The summed E-state index contributed by atoms with van der Waals surface area (Å²) in [5.41, 5.74) is 0. The second-order valence-corrected chi connectivity index (χ2v) is 3.16. The number of rotatable bonds is 1. The van der Waals surface area contributed by atoms with Gasteiger partial charge >= 0.3 is 0 Å². The Morgan fingerprint density at radius 2 is 2.00 bits per heavy atom. The Kier molecular flexibility index (Phi) is 2.32. The van der Waals surface area contributed by atoms with Crippen LogP contribution in [0.1, 0.15) is 32.6 Å². The van der Waals surface area contributed by atoms with E-state index in [4.69, 9.17) is 0 Å². The van der Waals surface area contributed by atoms with Gasteiger partial charge in [0.2, 0.25) is 0 Å². The average molecular weight is 124 g/mol. The second-order valence-electron chi connectivity index (χ2n) is 3.16. The SMILES string of the molecule is C=C[C@H]1CCCCC1C. The average Bonchev–Trinajstić information content (AvgIpc) is 1.89. The fourth-order valence-corrected chi connectivity index (χ4v) is 1.70. The molecule has 0 bridgehead atoms. The van der Waals surface area contributed by atoms with E-state index in [1.807, 2.05) is 0 Å². The van der Waals surface area contributed by atoms with Crippen molar-refractivity contribution >= 4 is 0 Å². The third kappa shape index (κ3) is 1.57. The van der Waals surface area contributed by atoms with Crippen LogP contribution in [0, 0.1) is 11.8 Å². The van der Waals surface area contributed by atoms with Crippen LogP contribution in [0.25, 0.3) is 0 Å². The molecule has 0 heterocycles. The van der Waals surface area contributed by atoms with Crippen LogP contribution in [-0.4, -0.2) is 0 Å². The van der Waals surface area contributed by atoms with Crippen LogP contribution in [0.2, 0.25) is 0 Å². The van der Waals surface area contributed by atoms with Gasteiger partial charge in [0.25, 0.3) is 0 Å². The zero-order valence-corrected chi connectivity index (χ0v) is 6.27. The molecule has 0 aromatic rings. The topological polar surface area (TPSA) is 0 Å². The van der Waals surface area contributed by atoms with Crippen molar-refractivity contribution in [2.45, 2.75) is 32.6 Å². The molecule has 0 N–H and O–H groups in total. The lowest BCUT2D eigenvalue weighted by Gasteiger charge is -2.25. The molecule has 2 atom stereocenters. The highest BCUT2D eigenvalue weighted by molar-refractivity contribution is 4.85. The molecule has 0 amide bonds. The van der Waals surface area contributed by atoms with E-state index in [0.717, 1.165) is 11.8 Å². The third-order valence-corrected chi connectivity index (χ3v) is 2.48. The van der Waals surface area contributed by atoms with Gasteiger partial charge in [-0.1, -0.05) is 32.3 Å². The molecule has 1 unspecified atom stereocenters. The van der Waals surface area contributed by atoms with Gasteiger partial charge in [-0.25, -0.2) is 0 Å². The Hall–Kier alpha value is -0.260. The van der Waals surface area contributed by atoms with Crippen molar-refractivity contribution in [3.63, 3.8) is 0 Å². The van der Waals surface area contributed by atoms with Crippen molar-refractivity contribution in [1.82, 2.24) is 0 Å². The summed E-state index contributed by atoms with van der Waals surface area (Å²) >= 11 is 0. The van der Waals surface area contributed by atoms with Gasteiger partial charge in [0.05, 0.1) is 0 Å². The highest BCUT2D eigenvalue weighted by atomic mass is 14.2. The first-order chi connectivity index (χ1) is 4.34. The summed E-state index contributed by atoms with van der Waals surface area (Å²) in [6, 6.07) is 0. The molecule has 0 spiro atoms. The molecule has 0 nitrogen and oxygen atoms in total. The van der Waals surface area contributed by atoms with Gasteiger partial charge in [-0.2, -0.15) is 0 Å². The van der Waals surface area contributed by atoms with Crippen LogP contribution >= 0.6 is 0 Å². The molecule has 0 heteroatoms. The van der Waals surface area contributed by atoms with Crippen molar-refractivity contribution in [2.75, 3.05) is 0 Å². The molecular formula is C9H16. The standard InChI is InChI=1S/C9H16/c1-3-9-7-5-4-6-8(9)2/h3,8-9H,1,4-7H2,2H3/t8?,9-/m0/s1. The maximum Gasteiger partial charge on any atom is -0.0210 e. The van der Waals surface area contributed by atoms with Crippen molar-refractivity contribution in [2.24, 2.45) is 11.8 Å². The smallest absolute Gasteiger partial charge is 0.0210 e. The van der Waals surface area contributed by atoms with Gasteiger partial charge < -0.3 is 0 Å². The molecule has 0 aromatic heterocycles. The predicted molar refractivity (Wildman–Crippen MR) is 41.3 cm³/mol. The molecule has 9 heavy (non-hydrogen) atoms. The lowest BCUT2D eigenvalue weighted by molar-refractivity contribution is 0.307. The van der Waals surface area contributed by atoms with Crippen LogP contribution in [0.15, 0.2) is 12.7 Å². The summed E-state index contributed by atoms with van der Waals surface area (Å²) in [5.74, 6) is 1.72. The first-order valence-electron chi connectivity index (χ1n) is 3.97. The summed E-state index contributed by atoms with van der Waals surface area (Å²) < 4.78 is 0. The van der Waals surface area contributed by atoms with E-state index in [2.05, 4.69) is 19.6 Å². The van der Waals surface area contributed by atoms with Crippen LogP contribution in [0.5, 0.6) is 0 Å². The van der Waals surface area contributed by atoms with Gasteiger partial charge in [-0.15, -0.1) is 6.58 Å². The van der Waals surface area contributed by atoms with Crippen molar-refractivity contribution < 1.29 is 0 Å². The molecule has 0 saturated heterocycles.